The highest BCUT2D eigenvalue weighted by atomic mass is 16.4. The zero-order valence-electron chi connectivity index (χ0n) is 7.93. The van der Waals surface area contributed by atoms with E-state index in [0.29, 0.717) is 0 Å². The van der Waals surface area contributed by atoms with Gasteiger partial charge in [0.25, 0.3) is 0 Å². The van der Waals surface area contributed by atoms with E-state index in [1.807, 2.05) is 12.1 Å². The summed E-state index contributed by atoms with van der Waals surface area (Å²) in [6.07, 6.45) is 5.29. The van der Waals surface area contributed by atoms with Gasteiger partial charge < -0.3 is 10.1 Å². The van der Waals surface area contributed by atoms with Crippen LogP contribution in [0.3, 0.4) is 0 Å². The molecule has 0 aromatic carbocycles. The van der Waals surface area contributed by atoms with E-state index in [9.17, 15) is 0 Å². The van der Waals surface area contributed by atoms with E-state index in [1.165, 1.54) is 5.69 Å². The summed E-state index contributed by atoms with van der Waals surface area (Å²) < 4.78 is 0. The molecule has 1 aromatic heterocycles. The topological polar surface area (TPSA) is 48.7 Å². The van der Waals surface area contributed by atoms with Crippen molar-refractivity contribution >= 4 is 11.4 Å². The van der Waals surface area contributed by atoms with Gasteiger partial charge in [-0.15, -0.1) is 0 Å². The summed E-state index contributed by atoms with van der Waals surface area (Å²) in [4.78, 5) is 6.26. The lowest BCUT2D eigenvalue weighted by molar-refractivity contribution is 0.315. The molecule has 0 spiro atoms. The van der Waals surface area contributed by atoms with Crippen molar-refractivity contribution in [2.24, 2.45) is 5.16 Å². The highest BCUT2D eigenvalue weighted by Gasteiger charge is 2.15. The van der Waals surface area contributed by atoms with Crippen molar-refractivity contribution in [1.82, 2.24) is 4.98 Å². The summed E-state index contributed by atoms with van der Waals surface area (Å²) >= 11 is 0. The maximum Gasteiger partial charge on any atom is 0.0606 e. The number of rotatable bonds is 1. The molecule has 1 saturated heterocycles. The van der Waals surface area contributed by atoms with Crippen molar-refractivity contribution in [2.75, 3.05) is 18.0 Å². The van der Waals surface area contributed by atoms with Crippen molar-refractivity contribution < 1.29 is 5.21 Å². The Hall–Kier alpha value is -1.58. The Morgan fingerprint density at radius 2 is 1.86 bits per heavy atom. The molecule has 0 atom stereocenters. The third-order valence-electron chi connectivity index (χ3n) is 2.51. The summed E-state index contributed by atoms with van der Waals surface area (Å²) in [6.45, 7) is 1.84. The van der Waals surface area contributed by atoms with Gasteiger partial charge in [-0.2, -0.15) is 0 Å². The van der Waals surface area contributed by atoms with E-state index in [4.69, 9.17) is 5.21 Å². The molecular formula is C10H13N3O. The molecule has 1 aliphatic rings. The quantitative estimate of drug-likeness (QED) is 0.540. The van der Waals surface area contributed by atoms with Crippen molar-refractivity contribution in [3.63, 3.8) is 0 Å². The van der Waals surface area contributed by atoms with Gasteiger partial charge in [-0.1, -0.05) is 5.16 Å². The molecule has 0 bridgehead atoms. The van der Waals surface area contributed by atoms with Crippen molar-refractivity contribution in [2.45, 2.75) is 12.8 Å². The summed E-state index contributed by atoms with van der Waals surface area (Å²) in [5.74, 6) is 0. The van der Waals surface area contributed by atoms with Crippen LogP contribution < -0.4 is 4.90 Å². The van der Waals surface area contributed by atoms with Crippen molar-refractivity contribution in [1.29, 1.82) is 0 Å². The molecule has 4 nitrogen and oxygen atoms in total. The van der Waals surface area contributed by atoms with Gasteiger partial charge in [0.1, 0.15) is 0 Å². The van der Waals surface area contributed by atoms with E-state index in [1.54, 1.807) is 12.4 Å². The molecule has 1 fully saturated rings. The SMILES string of the molecule is ON=C1CCN(c2ccncc2)CC1. The van der Waals surface area contributed by atoms with Gasteiger partial charge in [0.15, 0.2) is 0 Å². The smallest absolute Gasteiger partial charge is 0.0606 e. The fourth-order valence-corrected chi connectivity index (χ4v) is 1.68. The molecule has 4 heteroatoms. The van der Waals surface area contributed by atoms with Crippen LogP contribution in [-0.2, 0) is 0 Å². The number of aromatic nitrogens is 1. The second-order valence-electron chi connectivity index (χ2n) is 3.36. The Labute approximate surface area is 82.9 Å². The van der Waals surface area contributed by atoms with E-state index < -0.39 is 0 Å². The van der Waals surface area contributed by atoms with Gasteiger partial charge in [-0.25, -0.2) is 0 Å². The number of pyridine rings is 1. The highest BCUT2D eigenvalue weighted by Crippen LogP contribution is 2.17. The lowest BCUT2D eigenvalue weighted by Gasteiger charge is -2.28. The Kier molecular flexibility index (Phi) is 2.62. The molecule has 2 rings (SSSR count). The minimum atomic E-state index is 0.846. The predicted octanol–water partition coefficient (Wildman–Crippen LogP) is 1.51. The first-order chi connectivity index (χ1) is 6.90. The number of anilines is 1. The summed E-state index contributed by atoms with van der Waals surface area (Å²) in [5.41, 5.74) is 2.09. The van der Waals surface area contributed by atoms with E-state index >= 15 is 0 Å². The van der Waals surface area contributed by atoms with Gasteiger partial charge in [0.2, 0.25) is 0 Å². The molecule has 0 radical (unpaired) electrons. The molecule has 0 aliphatic carbocycles. The number of oxime groups is 1. The average molecular weight is 191 g/mol. The summed E-state index contributed by atoms with van der Waals surface area (Å²) in [7, 11) is 0. The fraction of sp³-hybridized carbons (Fsp3) is 0.400. The Morgan fingerprint density at radius 3 is 2.43 bits per heavy atom. The lowest BCUT2D eigenvalue weighted by atomic mass is 10.1. The predicted molar refractivity (Wildman–Crippen MR) is 54.9 cm³/mol. The third kappa shape index (κ3) is 1.84. The number of hydrogen-bond acceptors (Lipinski definition) is 4. The minimum Gasteiger partial charge on any atom is -0.411 e. The number of hydrogen-bond donors (Lipinski definition) is 1. The molecule has 2 heterocycles. The van der Waals surface area contributed by atoms with Crippen LogP contribution in [-0.4, -0.2) is 29.0 Å². The second-order valence-corrected chi connectivity index (χ2v) is 3.36. The molecule has 1 aliphatic heterocycles. The summed E-state index contributed by atoms with van der Waals surface area (Å²) in [6, 6.07) is 4.00. The van der Waals surface area contributed by atoms with Crippen LogP contribution in [0, 0.1) is 0 Å². The van der Waals surface area contributed by atoms with Crippen LogP contribution in [0.25, 0.3) is 0 Å². The summed E-state index contributed by atoms with van der Waals surface area (Å²) in [5, 5.41) is 11.9. The highest BCUT2D eigenvalue weighted by molar-refractivity contribution is 5.86. The van der Waals surface area contributed by atoms with Gasteiger partial charge in [0.05, 0.1) is 5.71 Å². The molecule has 0 saturated carbocycles. The normalized spacial score (nSPS) is 16.9. The molecule has 0 amide bonds. The second kappa shape index (κ2) is 4.09. The first kappa shape index (κ1) is 8.99. The average Bonchev–Trinajstić information content (AvgIpc) is 2.30. The molecule has 14 heavy (non-hydrogen) atoms. The van der Waals surface area contributed by atoms with Gasteiger partial charge in [-0.3, -0.25) is 4.98 Å². The van der Waals surface area contributed by atoms with Crippen LogP contribution in [0.2, 0.25) is 0 Å². The number of nitrogens with zero attached hydrogens (tertiary/aromatic N) is 3. The first-order valence-electron chi connectivity index (χ1n) is 4.75. The maximum atomic E-state index is 8.61. The molecule has 1 N–H and O–H groups in total. The molecule has 74 valence electrons. The molecule has 0 unspecified atom stereocenters. The zero-order chi connectivity index (χ0) is 9.80. The largest absolute Gasteiger partial charge is 0.411 e. The fourth-order valence-electron chi connectivity index (χ4n) is 1.68. The van der Waals surface area contributed by atoms with Crippen LogP contribution >= 0.6 is 0 Å². The van der Waals surface area contributed by atoms with Crippen molar-refractivity contribution in [3.05, 3.63) is 24.5 Å². The monoisotopic (exact) mass is 191 g/mol. The van der Waals surface area contributed by atoms with Crippen LogP contribution in [0.4, 0.5) is 5.69 Å². The van der Waals surface area contributed by atoms with Gasteiger partial charge >= 0.3 is 0 Å². The Morgan fingerprint density at radius 1 is 1.21 bits per heavy atom. The van der Waals surface area contributed by atoms with Gasteiger partial charge in [0, 0.05) is 44.0 Å². The van der Waals surface area contributed by atoms with E-state index in [2.05, 4.69) is 15.0 Å². The van der Waals surface area contributed by atoms with Crippen LogP contribution in [0.5, 0.6) is 0 Å². The molecule has 1 aromatic rings. The maximum absolute atomic E-state index is 8.61. The Balaban J connectivity index is 2.03. The van der Waals surface area contributed by atoms with E-state index in [0.717, 1.165) is 31.6 Å². The Bertz CT molecular complexity index is 313. The van der Waals surface area contributed by atoms with Crippen LogP contribution in [0.1, 0.15) is 12.8 Å². The minimum absolute atomic E-state index is 0.846. The van der Waals surface area contributed by atoms with Crippen molar-refractivity contribution in [3.8, 4) is 0 Å². The lowest BCUT2D eigenvalue weighted by Crippen LogP contribution is -2.33. The van der Waals surface area contributed by atoms with Gasteiger partial charge in [-0.05, 0) is 12.1 Å². The standard InChI is InChI=1S/C10H13N3O/c14-12-9-3-7-13(8-4-9)10-1-5-11-6-2-10/h1-2,5-6,14H,3-4,7-8H2. The zero-order valence-corrected chi connectivity index (χ0v) is 7.93. The van der Waals surface area contributed by atoms with Crippen LogP contribution in [0.15, 0.2) is 29.7 Å². The molecular weight excluding hydrogens is 178 g/mol. The third-order valence-corrected chi connectivity index (χ3v) is 2.51. The number of piperidine rings is 1. The van der Waals surface area contributed by atoms with E-state index in [-0.39, 0.29) is 0 Å². The first-order valence-corrected chi connectivity index (χ1v) is 4.75.